The van der Waals surface area contributed by atoms with Gasteiger partial charge in [0.15, 0.2) is 0 Å². The zero-order valence-corrected chi connectivity index (χ0v) is 19.1. The summed E-state index contributed by atoms with van der Waals surface area (Å²) in [6.07, 6.45) is 1.14. The molecule has 0 saturated heterocycles. The molecule has 0 bridgehead atoms. The minimum atomic E-state index is -3.60. The number of amides is 2. The van der Waals surface area contributed by atoms with E-state index < -0.39 is 15.9 Å². The highest BCUT2D eigenvalue weighted by Crippen LogP contribution is 2.31. The van der Waals surface area contributed by atoms with Crippen LogP contribution in [0.25, 0.3) is 0 Å². The number of carbonyl (C=O) groups excluding carboxylic acids is 2. The molecule has 0 aromatic heterocycles. The highest BCUT2D eigenvalue weighted by atomic mass is 32.2. The van der Waals surface area contributed by atoms with Crippen LogP contribution < -0.4 is 20.1 Å². The fraction of sp³-hybridized carbons (Fsp3) is 0.167. The van der Waals surface area contributed by atoms with Crippen molar-refractivity contribution in [2.75, 3.05) is 22.5 Å². The summed E-state index contributed by atoms with van der Waals surface area (Å²) in [6.45, 7) is 2.31. The Morgan fingerprint density at radius 3 is 2.30 bits per heavy atom. The molecule has 9 heteroatoms. The van der Waals surface area contributed by atoms with Crippen LogP contribution in [-0.4, -0.2) is 33.1 Å². The number of hydrogen-bond donors (Lipinski definition) is 2. The van der Waals surface area contributed by atoms with Crippen molar-refractivity contribution in [2.45, 2.75) is 13.5 Å². The van der Waals surface area contributed by atoms with Crippen molar-refractivity contribution in [1.29, 1.82) is 0 Å². The Morgan fingerprint density at radius 2 is 1.67 bits per heavy atom. The Kier molecular flexibility index (Phi) is 7.34. The lowest BCUT2D eigenvalue weighted by Crippen LogP contribution is -2.29. The number of nitrogens with one attached hydrogen (secondary N) is 1. The van der Waals surface area contributed by atoms with Crippen LogP contribution >= 0.6 is 0 Å². The van der Waals surface area contributed by atoms with E-state index in [9.17, 15) is 18.0 Å². The van der Waals surface area contributed by atoms with Gasteiger partial charge in [-0.1, -0.05) is 30.3 Å². The smallest absolute Gasteiger partial charge is 0.255 e. The third kappa shape index (κ3) is 6.11. The quantitative estimate of drug-likeness (QED) is 0.500. The van der Waals surface area contributed by atoms with Crippen molar-refractivity contribution in [3.63, 3.8) is 0 Å². The average molecular weight is 468 g/mol. The van der Waals surface area contributed by atoms with E-state index in [4.69, 9.17) is 10.5 Å². The van der Waals surface area contributed by atoms with Crippen LogP contribution in [-0.2, 0) is 16.6 Å². The van der Waals surface area contributed by atoms with E-state index in [1.807, 2.05) is 6.92 Å². The van der Waals surface area contributed by atoms with Crippen molar-refractivity contribution >= 4 is 33.2 Å². The molecule has 3 aromatic rings. The third-order valence-electron chi connectivity index (χ3n) is 4.78. The van der Waals surface area contributed by atoms with Gasteiger partial charge in [-0.05, 0) is 55.0 Å². The maximum Gasteiger partial charge on any atom is 0.255 e. The molecule has 2 amide bonds. The molecule has 0 fully saturated rings. The van der Waals surface area contributed by atoms with E-state index in [1.165, 1.54) is 10.4 Å². The van der Waals surface area contributed by atoms with Gasteiger partial charge in [0.05, 0.1) is 25.1 Å². The topological polar surface area (TPSA) is 119 Å². The number of carbonyl (C=O) groups is 2. The molecule has 8 nitrogen and oxygen atoms in total. The van der Waals surface area contributed by atoms with Gasteiger partial charge in [-0.3, -0.25) is 13.9 Å². The fourth-order valence-corrected chi connectivity index (χ4v) is 4.09. The van der Waals surface area contributed by atoms with Gasteiger partial charge in [0.1, 0.15) is 5.75 Å². The normalized spacial score (nSPS) is 11.0. The van der Waals surface area contributed by atoms with Crippen LogP contribution in [0.2, 0.25) is 0 Å². The van der Waals surface area contributed by atoms with Crippen LogP contribution in [0.5, 0.6) is 5.75 Å². The lowest BCUT2D eigenvalue weighted by molar-refractivity contribution is 0.0996. The maximum atomic E-state index is 12.6. The second-order valence-electron chi connectivity index (χ2n) is 7.27. The molecule has 0 saturated carbocycles. The molecular formula is C24H25N3O5S. The molecule has 0 heterocycles. The van der Waals surface area contributed by atoms with Gasteiger partial charge < -0.3 is 15.8 Å². The minimum Gasteiger partial charge on any atom is -0.492 e. The first-order valence-corrected chi connectivity index (χ1v) is 12.0. The summed E-state index contributed by atoms with van der Waals surface area (Å²) in [7, 11) is -3.60. The van der Waals surface area contributed by atoms with E-state index in [1.54, 1.807) is 66.7 Å². The van der Waals surface area contributed by atoms with E-state index in [2.05, 4.69) is 5.32 Å². The summed E-state index contributed by atoms with van der Waals surface area (Å²) >= 11 is 0. The van der Waals surface area contributed by atoms with Crippen molar-refractivity contribution in [3.8, 4) is 5.75 Å². The number of hydrogen-bond acceptors (Lipinski definition) is 5. The molecule has 0 atom stereocenters. The summed E-state index contributed by atoms with van der Waals surface area (Å²) in [5.41, 5.74) is 7.52. The fourth-order valence-electron chi connectivity index (χ4n) is 3.20. The number of ether oxygens (including phenoxy) is 1. The van der Waals surface area contributed by atoms with E-state index in [-0.39, 0.29) is 18.0 Å². The van der Waals surface area contributed by atoms with Gasteiger partial charge >= 0.3 is 0 Å². The number of para-hydroxylation sites is 2. The zero-order chi connectivity index (χ0) is 24.0. The molecule has 0 radical (unpaired) electrons. The number of benzene rings is 3. The van der Waals surface area contributed by atoms with Gasteiger partial charge in [0.2, 0.25) is 15.9 Å². The van der Waals surface area contributed by atoms with Crippen LogP contribution in [0.3, 0.4) is 0 Å². The Morgan fingerprint density at radius 1 is 0.970 bits per heavy atom. The third-order valence-corrected chi connectivity index (χ3v) is 5.91. The second kappa shape index (κ2) is 10.2. The molecule has 0 aliphatic heterocycles. The molecule has 3 N–H and O–H groups in total. The van der Waals surface area contributed by atoms with Crippen molar-refractivity contribution in [3.05, 3.63) is 89.5 Å². The van der Waals surface area contributed by atoms with Crippen LogP contribution in [0.15, 0.2) is 72.8 Å². The van der Waals surface area contributed by atoms with Gasteiger partial charge in [-0.2, -0.15) is 0 Å². The van der Waals surface area contributed by atoms with Crippen LogP contribution in [0.4, 0.5) is 11.4 Å². The van der Waals surface area contributed by atoms with Gasteiger partial charge in [0, 0.05) is 16.8 Å². The monoisotopic (exact) mass is 467 g/mol. The van der Waals surface area contributed by atoms with Crippen molar-refractivity contribution in [1.82, 2.24) is 0 Å². The summed E-state index contributed by atoms with van der Waals surface area (Å²) in [5.74, 6) is -0.485. The summed E-state index contributed by atoms with van der Waals surface area (Å²) in [6, 6.07) is 19.9. The van der Waals surface area contributed by atoms with E-state index in [0.717, 1.165) is 6.26 Å². The number of anilines is 2. The summed E-state index contributed by atoms with van der Waals surface area (Å²) in [5, 5.41) is 2.72. The predicted octanol–water partition coefficient (Wildman–Crippen LogP) is 3.40. The number of nitrogens with two attached hydrogens (primary N) is 1. The average Bonchev–Trinajstić information content (AvgIpc) is 2.78. The van der Waals surface area contributed by atoms with Crippen LogP contribution in [0, 0.1) is 0 Å². The first kappa shape index (κ1) is 23.8. The lowest BCUT2D eigenvalue weighted by atomic mass is 10.1. The molecular weight excluding hydrogens is 442 g/mol. The number of primary amides is 1. The largest absolute Gasteiger partial charge is 0.492 e. The molecule has 0 spiro atoms. The summed E-state index contributed by atoms with van der Waals surface area (Å²) < 4.78 is 31.9. The van der Waals surface area contributed by atoms with E-state index >= 15 is 0 Å². The molecule has 0 unspecified atom stereocenters. The molecule has 33 heavy (non-hydrogen) atoms. The Balaban J connectivity index is 1.79. The van der Waals surface area contributed by atoms with Crippen LogP contribution in [0.1, 0.15) is 33.2 Å². The summed E-state index contributed by atoms with van der Waals surface area (Å²) in [4.78, 5) is 23.9. The number of rotatable bonds is 9. The first-order valence-electron chi connectivity index (χ1n) is 10.2. The van der Waals surface area contributed by atoms with Gasteiger partial charge in [0.25, 0.3) is 5.91 Å². The maximum absolute atomic E-state index is 12.6. The predicted molar refractivity (Wildman–Crippen MR) is 128 cm³/mol. The SMILES string of the molecule is CCOc1ccccc1N(Cc1ccc(C(=O)Nc2cccc(C(N)=O)c2)cc1)S(C)(=O)=O. The number of sulfonamides is 1. The van der Waals surface area contributed by atoms with Gasteiger partial charge in [-0.25, -0.2) is 8.42 Å². The highest BCUT2D eigenvalue weighted by molar-refractivity contribution is 7.92. The molecule has 3 rings (SSSR count). The first-order chi connectivity index (χ1) is 15.7. The Bertz CT molecular complexity index is 1260. The Hall–Kier alpha value is -3.85. The second-order valence-corrected chi connectivity index (χ2v) is 9.17. The van der Waals surface area contributed by atoms with Crippen molar-refractivity contribution in [2.24, 2.45) is 5.73 Å². The van der Waals surface area contributed by atoms with E-state index in [0.29, 0.717) is 34.9 Å². The molecule has 3 aromatic carbocycles. The standard InChI is InChI=1S/C24H25N3O5S/c1-3-32-22-10-5-4-9-21(22)27(33(2,30)31)16-17-11-13-18(14-12-17)24(29)26-20-8-6-7-19(15-20)23(25)28/h4-15H,3,16H2,1-2H3,(H2,25,28)(H,26,29). The minimum absolute atomic E-state index is 0.0749. The highest BCUT2D eigenvalue weighted by Gasteiger charge is 2.21. The Labute approximate surface area is 193 Å². The lowest BCUT2D eigenvalue weighted by Gasteiger charge is -2.24. The molecule has 0 aliphatic rings. The van der Waals surface area contributed by atoms with Crippen molar-refractivity contribution < 1.29 is 22.7 Å². The zero-order valence-electron chi connectivity index (χ0n) is 18.3. The molecule has 0 aliphatic carbocycles. The number of nitrogens with zero attached hydrogens (tertiary/aromatic N) is 1. The van der Waals surface area contributed by atoms with Gasteiger partial charge in [-0.15, -0.1) is 0 Å². The molecule has 172 valence electrons.